The van der Waals surface area contributed by atoms with E-state index in [0.717, 1.165) is 22.3 Å². The molecule has 0 aliphatic heterocycles. The molecule has 6 nitrogen and oxygen atoms in total. The molecule has 0 heterocycles. The van der Waals surface area contributed by atoms with Crippen LogP contribution >= 0.6 is 0 Å². The second-order valence-electron chi connectivity index (χ2n) is 10.0. The number of hydrogen-bond acceptors (Lipinski definition) is 6. The van der Waals surface area contributed by atoms with Gasteiger partial charge in [0.05, 0.1) is 13.7 Å². The summed E-state index contributed by atoms with van der Waals surface area (Å²) in [6.07, 6.45) is 0. The van der Waals surface area contributed by atoms with E-state index in [4.69, 9.17) is 9.47 Å². The van der Waals surface area contributed by atoms with Gasteiger partial charge in [0.15, 0.2) is 11.5 Å². The van der Waals surface area contributed by atoms with Gasteiger partial charge in [-0.15, -0.1) is 0 Å². The van der Waals surface area contributed by atoms with Crippen molar-refractivity contribution < 1.29 is 24.5 Å². The van der Waals surface area contributed by atoms with Crippen LogP contribution < -0.4 is 10.1 Å². The van der Waals surface area contributed by atoms with Gasteiger partial charge in [-0.25, -0.2) is 4.79 Å². The summed E-state index contributed by atoms with van der Waals surface area (Å²) in [5.74, 6) is 0.302. The maximum Gasteiger partial charge on any atom is 0.327 e. The Bertz CT molecular complexity index is 919. The van der Waals surface area contributed by atoms with Crippen LogP contribution in [0.15, 0.2) is 30.3 Å². The van der Waals surface area contributed by atoms with E-state index in [2.05, 4.69) is 5.32 Å². The molecule has 0 radical (unpaired) electrons. The highest BCUT2D eigenvalue weighted by atomic mass is 16.5. The molecule has 0 aromatic heterocycles. The predicted octanol–water partition coefficient (Wildman–Crippen LogP) is 5.10. The molecule has 0 fully saturated rings. The largest absolute Gasteiger partial charge is 0.507 e. The second-order valence-corrected chi connectivity index (χ2v) is 10.0. The summed E-state index contributed by atoms with van der Waals surface area (Å²) < 4.78 is 10.5. The summed E-state index contributed by atoms with van der Waals surface area (Å²) in [5, 5.41) is 24.2. The number of phenolic OH excluding ortho intramolecular Hbond substituents is 2. The minimum atomic E-state index is -0.724. The van der Waals surface area contributed by atoms with E-state index in [-0.39, 0.29) is 34.9 Å². The van der Waals surface area contributed by atoms with Crippen LogP contribution in [0.3, 0.4) is 0 Å². The zero-order valence-electron chi connectivity index (χ0n) is 20.5. The monoisotopic (exact) mass is 443 g/mol. The quantitative estimate of drug-likeness (QED) is 0.516. The van der Waals surface area contributed by atoms with Crippen LogP contribution in [0, 0.1) is 0 Å². The Hall–Kier alpha value is -2.73. The van der Waals surface area contributed by atoms with Gasteiger partial charge < -0.3 is 19.7 Å². The Labute approximate surface area is 191 Å². The van der Waals surface area contributed by atoms with Gasteiger partial charge >= 0.3 is 5.97 Å². The van der Waals surface area contributed by atoms with Crippen molar-refractivity contribution in [1.82, 2.24) is 5.32 Å². The van der Waals surface area contributed by atoms with E-state index in [1.54, 1.807) is 25.1 Å². The van der Waals surface area contributed by atoms with Crippen LogP contribution in [-0.2, 0) is 26.9 Å². The van der Waals surface area contributed by atoms with Crippen LogP contribution in [0.5, 0.6) is 17.2 Å². The number of carbonyl (C=O) groups excluding carboxylic acids is 1. The second kappa shape index (κ2) is 9.82. The number of carbonyl (C=O) groups is 1. The molecule has 0 bridgehead atoms. The summed E-state index contributed by atoms with van der Waals surface area (Å²) in [5.41, 5.74) is 2.51. The highest BCUT2D eigenvalue weighted by molar-refractivity contribution is 5.78. The molecule has 2 aromatic carbocycles. The molecule has 0 spiro atoms. The number of nitrogens with one attached hydrogen (secondary N) is 1. The van der Waals surface area contributed by atoms with Crippen LogP contribution in [0.25, 0.3) is 0 Å². The number of methoxy groups -OCH3 is 1. The molecule has 0 amide bonds. The van der Waals surface area contributed by atoms with Crippen LogP contribution in [0.2, 0.25) is 0 Å². The first kappa shape index (κ1) is 25.5. The third kappa shape index (κ3) is 5.94. The molecule has 2 rings (SSSR count). The molecule has 0 aliphatic carbocycles. The van der Waals surface area contributed by atoms with E-state index in [0.29, 0.717) is 12.3 Å². The summed E-state index contributed by atoms with van der Waals surface area (Å²) in [6.45, 7) is 14.6. The minimum Gasteiger partial charge on any atom is -0.507 e. The molecule has 6 heteroatoms. The molecule has 1 atom stereocenters. The Kier molecular flexibility index (Phi) is 7.83. The number of rotatable bonds is 7. The Balaban J connectivity index is 2.53. The van der Waals surface area contributed by atoms with Crippen molar-refractivity contribution in [2.75, 3.05) is 13.7 Å². The van der Waals surface area contributed by atoms with Crippen molar-refractivity contribution in [3.8, 4) is 17.2 Å². The number of ether oxygens (including phenoxy) is 2. The fourth-order valence-corrected chi connectivity index (χ4v) is 3.58. The third-order valence-electron chi connectivity index (χ3n) is 5.36. The van der Waals surface area contributed by atoms with E-state index in [1.807, 2.05) is 53.7 Å². The van der Waals surface area contributed by atoms with Gasteiger partial charge in [-0.05, 0) is 64.3 Å². The van der Waals surface area contributed by atoms with Gasteiger partial charge in [-0.1, -0.05) is 47.6 Å². The van der Waals surface area contributed by atoms with Gasteiger partial charge in [-0.3, -0.25) is 5.32 Å². The summed E-state index contributed by atoms with van der Waals surface area (Å²) in [6, 6.07) is 8.10. The van der Waals surface area contributed by atoms with Gasteiger partial charge in [0.25, 0.3) is 0 Å². The number of phenols is 2. The van der Waals surface area contributed by atoms with Crippen LogP contribution in [0.1, 0.15) is 76.8 Å². The Morgan fingerprint density at radius 1 is 1.00 bits per heavy atom. The number of aromatic hydroxyl groups is 2. The lowest BCUT2D eigenvalue weighted by Crippen LogP contribution is -2.31. The SMILES string of the molecule is CCOC(=O)C(NCc1ccc(O)c(OC)c1)c1cc(C(C)(C)C)c(O)c(C(C)(C)C)c1. The number of benzene rings is 2. The Morgan fingerprint density at radius 3 is 2.03 bits per heavy atom. The van der Waals surface area contributed by atoms with Crippen molar-refractivity contribution in [2.45, 2.75) is 71.9 Å². The molecule has 3 N–H and O–H groups in total. The predicted molar refractivity (Wildman–Crippen MR) is 126 cm³/mol. The first-order valence-electron chi connectivity index (χ1n) is 10.9. The van der Waals surface area contributed by atoms with Crippen molar-refractivity contribution >= 4 is 5.97 Å². The standard InChI is InChI=1S/C26H37NO5/c1-9-32-24(30)22(27-15-16-10-11-20(28)21(12-16)31-8)17-13-18(25(2,3)4)23(29)19(14-17)26(5,6)7/h10-14,22,27-29H,9,15H2,1-8H3. The fraction of sp³-hybridized carbons (Fsp3) is 0.500. The third-order valence-corrected chi connectivity index (χ3v) is 5.36. The van der Waals surface area contributed by atoms with Gasteiger partial charge in [-0.2, -0.15) is 0 Å². The highest BCUT2D eigenvalue weighted by Crippen LogP contribution is 2.41. The average Bonchev–Trinajstić information content (AvgIpc) is 2.68. The minimum absolute atomic E-state index is 0.0568. The molecule has 0 aliphatic rings. The molecule has 2 aromatic rings. The van der Waals surface area contributed by atoms with Crippen molar-refractivity contribution in [2.24, 2.45) is 0 Å². The fourth-order valence-electron chi connectivity index (χ4n) is 3.58. The molecule has 176 valence electrons. The summed E-state index contributed by atoms with van der Waals surface area (Å²) >= 11 is 0. The molecular weight excluding hydrogens is 406 g/mol. The van der Waals surface area contributed by atoms with Gasteiger partial charge in [0.1, 0.15) is 11.8 Å². The first-order chi connectivity index (χ1) is 14.8. The van der Waals surface area contributed by atoms with E-state index in [9.17, 15) is 15.0 Å². The maximum atomic E-state index is 12.9. The van der Waals surface area contributed by atoms with Crippen molar-refractivity contribution in [3.05, 3.63) is 52.6 Å². The summed E-state index contributed by atoms with van der Waals surface area (Å²) in [4.78, 5) is 12.9. The van der Waals surface area contributed by atoms with Crippen LogP contribution in [-0.4, -0.2) is 29.9 Å². The molecule has 0 saturated heterocycles. The highest BCUT2D eigenvalue weighted by Gasteiger charge is 2.30. The van der Waals surface area contributed by atoms with Gasteiger partial charge in [0, 0.05) is 6.54 Å². The zero-order chi connectivity index (χ0) is 24.3. The maximum absolute atomic E-state index is 12.9. The van der Waals surface area contributed by atoms with Crippen molar-refractivity contribution in [3.63, 3.8) is 0 Å². The average molecular weight is 444 g/mol. The van der Waals surface area contributed by atoms with E-state index in [1.165, 1.54) is 7.11 Å². The van der Waals surface area contributed by atoms with E-state index < -0.39 is 6.04 Å². The summed E-state index contributed by atoms with van der Waals surface area (Å²) in [7, 11) is 1.49. The normalized spacial score (nSPS) is 13.0. The Morgan fingerprint density at radius 2 is 1.56 bits per heavy atom. The molecule has 0 saturated carbocycles. The van der Waals surface area contributed by atoms with E-state index >= 15 is 0 Å². The molecule has 1 unspecified atom stereocenters. The van der Waals surface area contributed by atoms with Crippen LogP contribution in [0.4, 0.5) is 0 Å². The lowest BCUT2D eigenvalue weighted by molar-refractivity contribution is -0.145. The smallest absolute Gasteiger partial charge is 0.327 e. The lowest BCUT2D eigenvalue weighted by Gasteiger charge is -2.29. The number of hydrogen-bond donors (Lipinski definition) is 3. The topological polar surface area (TPSA) is 88.0 Å². The van der Waals surface area contributed by atoms with Gasteiger partial charge in [0.2, 0.25) is 0 Å². The molecule has 32 heavy (non-hydrogen) atoms. The lowest BCUT2D eigenvalue weighted by atomic mass is 9.77. The molecular formula is C26H37NO5. The first-order valence-corrected chi connectivity index (χ1v) is 10.9. The number of esters is 1. The zero-order valence-corrected chi connectivity index (χ0v) is 20.5. The van der Waals surface area contributed by atoms with Crippen molar-refractivity contribution in [1.29, 1.82) is 0 Å².